The Bertz CT molecular complexity index is 655. The van der Waals surface area contributed by atoms with Gasteiger partial charge < -0.3 is 5.11 Å². The third-order valence-electron chi connectivity index (χ3n) is 4.45. The lowest BCUT2D eigenvalue weighted by molar-refractivity contribution is -0.153. The molecule has 0 aromatic rings. The summed E-state index contributed by atoms with van der Waals surface area (Å²) in [5, 5.41) is 8.97. The average Bonchev–Trinajstić information content (AvgIpc) is 2.73. The lowest BCUT2D eigenvalue weighted by Crippen LogP contribution is -2.60. The quantitative estimate of drug-likeness (QED) is 0.557. The number of amides is 1. The number of allylic oxidation sites excluding steroid dienone is 1. The van der Waals surface area contributed by atoms with Crippen molar-refractivity contribution >= 4 is 45.3 Å². The van der Waals surface area contributed by atoms with Crippen LogP contribution in [0.5, 0.6) is 0 Å². The lowest BCUT2D eigenvalue weighted by Gasteiger charge is -2.43. The Hall–Kier alpha value is -0.510. The SMILES string of the molecule is C[C@@H](O)[C@H]1C(=O)N2C(C(=O)S)=C(C3CCS(=O)(=O)CC3)S[C@H]12. The van der Waals surface area contributed by atoms with Crippen LogP contribution >= 0.6 is 24.4 Å². The fraction of sp³-hybridized carbons (Fsp3) is 0.692. The van der Waals surface area contributed by atoms with Gasteiger partial charge in [0, 0.05) is 4.91 Å². The van der Waals surface area contributed by atoms with Crippen molar-refractivity contribution in [3.05, 3.63) is 10.6 Å². The number of nitrogens with zero attached hydrogens (tertiary/aromatic N) is 1. The zero-order valence-electron chi connectivity index (χ0n) is 11.9. The number of thioether (sulfide) groups is 1. The van der Waals surface area contributed by atoms with E-state index in [1.807, 2.05) is 0 Å². The second kappa shape index (κ2) is 5.54. The zero-order valence-corrected chi connectivity index (χ0v) is 14.5. The molecule has 3 aliphatic rings. The molecule has 2 fully saturated rings. The largest absolute Gasteiger partial charge is 0.392 e. The number of hydrogen-bond acceptors (Lipinski definition) is 6. The first-order valence-corrected chi connectivity index (χ1v) is 10.2. The summed E-state index contributed by atoms with van der Waals surface area (Å²) in [4.78, 5) is 26.2. The van der Waals surface area contributed by atoms with Gasteiger partial charge in [0.25, 0.3) is 0 Å². The molecule has 0 spiro atoms. The lowest BCUT2D eigenvalue weighted by atomic mass is 9.91. The minimum Gasteiger partial charge on any atom is -0.392 e. The van der Waals surface area contributed by atoms with E-state index in [2.05, 4.69) is 12.6 Å². The molecule has 3 rings (SSSR count). The van der Waals surface area contributed by atoms with Gasteiger partial charge in [-0.15, -0.1) is 11.8 Å². The third kappa shape index (κ3) is 2.51. The highest BCUT2D eigenvalue weighted by Gasteiger charge is 2.57. The van der Waals surface area contributed by atoms with Gasteiger partial charge in [0.15, 0.2) is 0 Å². The highest BCUT2D eigenvalue weighted by atomic mass is 32.2. The summed E-state index contributed by atoms with van der Waals surface area (Å²) in [7, 11) is -2.99. The number of β-lactam (4-membered cyclic amide) rings is 1. The predicted molar refractivity (Wildman–Crippen MR) is 85.8 cm³/mol. The van der Waals surface area contributed by atoms with Crippen molar-refractivity contribution in [2.24, 2.45) is 11.8 Å². The summed E-state index contributed by atoms with van der Waals surface area (Å²) < 4.78 is 23.1. The molecule has 0 aliphatic carbocycles. The molecule has 3 atom stereocenters. The first kappa shape index (κ1) is 16.4. The van der Waals surface area contributed by atoms with Crippen LogP contribution in [0.3, 0.4) is 0 Å². The molecule has 122 valence electrons. The molecule has 0 unspecified atom stereocenters. The Morgan fingerprint density at radius 2 is 2.00 bits per heavy atom. The van der Waals surface area contributed by atoms with Crippen LogP contribution < -0.4 is 0 Å². The standard InChI is InChI=1S/C13H17NO5S3/c1-6(15)8-11(16)14-9(13(17)20)10(21-12(8)14)7-2-4-22(18,19)5-3-7/h6-8,12,15H,2-5H2,1H3,(H,17,20)/t6-,8+,12-/m1/s1. The predicted octanol–water partition coefficient (Wildman–Crippen LogP) is 0.391. The van der Waals surface area contributed by atoms with E-state index in [9.17, 15) is 23.1 Å². The number of aliphatic hydroxyl groups excluding tert-OH is 1. The van der Waals surface area contributed by atoms with Crippen molar-refractivity contribution < 1.29 is 23.1 Å². The van der Waals surface area contributed by atoms with Crippen molar-refractivity contribution in [1.82, 2.24) is 4.90 Å². The van der Waals surface area contributed by atoms with Gasteiger partial charge in [0.1, 0.15) is 20.9 Å². The molecule has 0 bridgehead atoms. The van der Waals surface area contributed by atoms with E-state index in [4.69, 9.17) is 0 Å². The van der Waals surface area contributed by atoms with Gasteiger partial charge in [-0.1, -0.05) is 12.6 Å². The van der Waals surface area contributed by atoms with Crippen molar-refractivity contribution in [3.63, 3.8) is 0 Å². The summed E-state index contributed by atoms with van der Waals surface area (Å²) in [5.41, 5.74) is 0.282. The van der Waals surface area contributed by atoms with Crippen LogP contribution in [0.2, 0.25) is 0 Å². The Balaban J connectivity index is 1.88. The summed E-state index contributed by atoms with van der Waals surface area (Å²) in [6.07, 6.45) is 0.149. The fourth-order valence-corrected chi connectivity index (χ4v) is 6.84. The van der Waals surface area contributed by atoms with Crippen LogP contribution in [-0.4, -0.2) is 52.4 Å². The molecule has 3 aliphatic heterocycles. The molecule has 3 heterocycles. The molecule has 6 nitrogen and oxygen atoms in total. The second-order valence-corrected chi connectivity index (χ2v) is 9.80. The van der Waals surface area contributed by atoms with E-state index in [0.717, 1.165) is 4.91 Å². The summed E-state index contributed by atoms with van der Waals surface area (Å²) in [6, 6.07) is 0. The van der Waals surface area contributed by atoms with Gasteiger partial charge in [0.05, 0.1) is 23.5 Å². The molecule has 0 saturated carbocycles. The smallest absolute Gasteiger partial charge is 0.236 e. The van der Waals surface area contributed by atoms with E-state index in [-0.39, 0.29) is 34.4 Å². The van der Waals surface area contributed by atoms with E-state index in [1.54, 1.807) is 6.92 Å². The van der Waals surface area contributed by atoms with Crippen LogP contribution in [0.15, 0.2) is 10.6 Å². The van der Waals surface area contributed by atoms with Gasteiger partial charge >= 0.3 is 0 Å². The van der Waals surface area contributed by atoms with Crippen LogP contribution in [0, 0.1) is 11.8 Å². The van der Waals surface area contributed by atoms with Crippen molar-refractivity contribution in [2.75, 3.05) is 11.5 Å². The molecule has 0 aromatic carbocycles. The van der Waals surface area contributed by atoms with Gasteiger partial charge in [-0.3, -0.25) is 14.5 Å². The third-order valence-corrected chi connectivity index (χ3v) is 7.91. The first-order valence-electron chi connectivity index (χ1n) is 7.08. The molecule has 1 N–H and O–H groups in total. The topological polar surface area (TPSA) is 91.8 Å². The first-order chi connectivity index (χ1) is 10.2. The number of thiol groups is 1. The van der Waals surface area contributed by atoms with Crippen molar-refractivity contribution in [2.45, 2.75) is 31.2 Å². The molecule has 9 heteroatoms. The normalized spacial score (nSPS) is 32.7. The van der Waals surface area contributed by atoms with Crippen LogP contribution in [-0.2, 0) is 19.4 Å². The minimum absolute atomic E-state index is 0.0346. The number of hydrogen-bond donors (Lipinski definition) is 2. The number of aliphatic hydroxyl groups is 1. The molecular weight excluding hydrogens is 346 g/mol. The van der Waals surface area contributed by atoms with Gasteiger partial charge in [-0.05, 0) is 25.7 Å². The van der Waals surface area contributed by atoms with Crippen LogP contribution in [0.25, 0.3) is 0 Å². The van der Waals surface area contributed by atoms with E-state index in [1.165, 1.54) is 16.7 Å². The Labute approximate surface area is 138 Å². The maximum absolute atomic E-state index is 12.2. The molecule has 1 amide bonds. The van der Waals surface area contributed by atoms with Gasteiger partial charge in [-0.25, -0.2) is 8.42 Å². The molecule has 0 aromatic heterocycles. The maximum Gasteiger partial charge on any atom is 0.236 e. The number of carbonyl (C=O) groups excluding carboxylic acids is 2. The summed E-state index contributed by atoms with van der Waals surface area (Å²) >= 11 is 5.28. The number of fused-ring (bicyclic) bond motifs is 1. The highest BCUT2D eigenvalue weighted by Crippen LogP contribution is 2.54. The Kier molecular flexibility index (Phi) is 4.12. The zero-order chi connectivity index (χ0) is 16.2. The minimum atomic E-state index is -2.99. The van der Waals surface area contributed by atoms with Crippen molar-refractivity contribution in [3.8, 4) is 0 Å². The number of sulfone groups is 1. The Morgan fingerprint density at radius 1 is 1.41 bits per heavy atom. The average molecular weight is 363 g/mol. The van der Waals surface area contributed by atoms with E-state index >= 15 is 0 Å². The Morgan fingerprint density at radius 3 is 2.50 bits per heavy atom. The van der Waals surface area contributed by atoms with Gasteiger partial charge in [-0.2, -0.15) is 0 Å². The fourth-order valence-electron chi connectivity index (χ4n) is 3.25. The van der Waals surface area contributed by atoms with Crippen LogP contribution in [0.4, 0.5) is 0 Å². The number of carbonyl (C=O) groups is 2. The summed E-state index contributed by atoms with van der Waals surface area (Å²) in [5.74, 6) is -0.601. The van der Waals surface area contributed by atoms with E-state index in [0.29, 0.717) is 12.8 Å². The summed E-state index contributed by atoms with van der Waals surface area (Å²) in [6.45, 7) is 1.56. The van der Waals surface area contributed by atoms with Crippen LogP contribution in [0.1, 0.15) is 19.8 Å². The molecule has 0 radical (unpaired) electrons. The van der Waals surface area contributed by atoms with Gasteiger partial charge in [0.2, 0.25) is 11.0 Å². The number of rotatable bonds is 3. The second-order valence-electron chi connectivity index (χ2n) is 5.93. The molecular formula is C13H17NO5S3. The monoisotopic (exact) mass is 363 g/mol. The maximum atomic E-state index is 12.2. The van der Waals surface area contributed by atoms with Crippen molar-refractivity contribution in [1.29, 1.82) is 0 Å². The highest BCUT2D eigenvalue weighted by molar-refractivity contribution is 8.04. The molecule has 22 heavy (non-hydrogen) atoms. The molecule has 2 saturated heterocycles. The van der Waals surface area contributed by atoms with E-state index < -0.39 is 27.0 Å².